The zero-order valence-electron chi connectivity index (χ0n) is 10.7. The van der Waals surface area contributed by atoms with E-state index in [9.17, 15) is 9.59 Å². The van der Waals surface area contributed by atoms with Gasteiger partial charge in [-0.15, -0.1) is 11.3 Å². The summed E-state index contributed by atoms with van der Waals surface area (Å²) in [6.45, 7) is 2.80. The van der Waals surface area contributed by atoms with Crippen LogP contribution in [0.2, 0.25) is 0 Å². The van der Waals surface area contributed by atoms with Gasteiger partial charge in [-0.1, -0.05) is 6.92 Å². The Kier molecular flexibility index (Phi) is 6.24. The fraction of sp³-hybridized carbons (Fsp3) is 0.385. The van der Waals surface area contributed by atoms with E-state index in [-0.39, 0.29) is 12.5 Å². The first-order valence-corrected chi connectivity index (χ1v) is 6.81. The predicted molar refractivity (Wildman–Crippen MR) is 74.3 cm³/mol. The van der Waals surface area contributed by atoms with Gasteiger partial charge in [-0.2, -0.15) is 0 Å². The van der Waals surface area contributed by atoms with Crippen LogP contribution in [0.3, 0.4) is 0 Å². The van der Waals surface area contributed by atoms with Gasteiger partial charge < -0.3 is 15.1 Å². The van der Waals surface area contributed by atoms with Crippen molar-refractivity contribution in [2.24, 2.45) is 0 Å². The summed E-state index contributed by atoms with van der Waals surface area (Å²) in [6.07, 6.45) is 3.32. The molecule has 104 valence electrons. The second-order valence-corrected chi connectivity index (χ2v) is 5.00. The molecule has 0 aliphatic heterocycles. The summed E-state index contributed by atoms with van der Waals surface area (Å²) in [4.78, 5) is 25.4. The lowest BCUT2D eigenvalue weighted by Crippen LogP contribution is -2.33. The first kappa shape index (κ1) is 15.4. The smallest absolute Gasteiger partial charge is 0.328 e. The maximum absolute atomic E-state index is 12.2. The highest BCUT2D eigenvalue weighted by molar-refractivity contribution is 7.14. The molecule has 1 heterocycles. The van der Waals surface area contributed by atoms with E-state index in [1.54, 1.807) is 17.0 Å². The van der Waals surface area contributed by atoms with Gasteiger partial charge in [-0.3, -0.25) is 4.79 Å². The van der Waals surface area contributed by atoms with Crippen LogP contribution in [0.4, 0.5) is 0 Å². The number of aliphatic hydroxyl groups is 1. The quantitative estimate of drug-likeness (QED) is 0.746. The highest BCUT2D eigenvalue weighted by atomic mass is 32.1. The van der Waals surface area contributed by atoms with Gasteiger partial charge in [0.25, 0.3) is 5.91 Å². The second kappa shape index (κ2) is 7.70. The summed E-state index contributed by atoms with van der Waals surface area (Å²) >= 11 is 1.24. The molecule has 0 aliphatic carbocycles. The fourth-order valence-electron chi connectivity index (χ4n) is 1.57. The molecule has 1 amide bonds. The standard InChI is InChI=1S/C13H17NO4S/c1-2-7-14(8-9-15)13(18)11-5-3-10(19-11)4-6-12(16)17/h3-6,15H,2,7-9H2,1H3,(H,16,17). The molecule has 0 radical (unpaired) electrons. The van der Waals surface area contributed by atoms with Crippen LogP contribution in [-0.2, 0) is 4.79 Å². The van der Waals surface area contributed by atoms with Crippen LogP contribution >= 0.6 is 11.3 Å². The van der Waals surface area contributed by atoms with Crippen molar-refractivity contribution in [3.63, 3.8) is 0 Å². The number of thiophene rings is 1. The maximum atomic E-state index is 12.2. The maximum Gasteiger partial charge on any atom is 0.328 e. The molecule has 0 unspecified atom stereocenters. The van der Waals surface area contributed by atoms with E-state index in [1.807, 2.05) is 6.92 Å². The topological polar surface area (TPSA) is 77.8 Å². The Morgan fingerprint density at radius 1 is 1.37 bits per heavy atom. The number of aliphatic hydroxyl groups excluding tert-OH is 1. The minimum absolute atomic E-state index is 0.0666. The van der Waals surface area contributed by atoms with Crippen LogP contribution in [0.15, 0.2) is 18.2 Å². The van der Waals surface area contributed by atoms with Crippen molar-refractivity contribution >= 4 is 29.3 Å². The molecule has 5 nitrogen and oxygen atoms in total. The number of carbonyl (C=O) groups excluding carboxylic acids is 1. The Morgan fingerprint density at radius 2 is 2.11 bits per heavy atom. The molecule has 0 saturated carbocycles. The van der Waals surface area contributed by atoms with Gasteiger partial charge in [0, 0.05) is 24.0 Å². The van der Waals surface area contributed by atoms with Crippen molar-refractivity contribution in [3.05, 3.63) is 28.0 Å². The number of carbonyl (C=O) groups is 2. The number of carboxylic acid groups (broad SMARTS) is 1. The van der Waals surface area contributed by atoms with Gasteiger partial charge in [0.1, 0.15) is 0 Å². The van der Waals surface area contributed by atoms with Crippen molar-refractivity contribution < 1.29 is 19.8 Å². The van der Waals surface area contributed by atoms with Gasteiger partial charge in [0.2, 0.25) is 0 Å². The molecule has 1 aromatic rings. The van der Waals surface area contributed by atoms with E-state index >= 15 is 0 Å². The molecule has 0 atom stereocenters. The molecule has 0 aliphatic rings. The van der Waals surface area contributed by atoms with Gasteiger partial charge in [0.15, 0.2) is 0 Å². The minimum Gasteiger partial charge on any atom is -0.478 e. The number of amides is 1. The van der Waals surface area contributed by atoms with Gasteiger partial charge in [-0.05, 0) is 24.6 Å². The van der Waals surface area contributed by atoms with Crippen molar-refractivity contribution in [1.29, 1.82) is 0 Å². The summed E-state index contributed by atoms with van der Waals surface area (Å²) in [6, 6.07) is 3.38. The molecular formula is C13H17NO4S. The SMILES string of the molecule is CCCN(CCO)C(=O)c1ccc(C=CC(=O)O)s1. The lowest BCUT2D eigenvalue weighted by atomic mass is 10.3. The van der Waals surface area contributed by atoms with E-state index in [2.05, 4.69) is 0 Å². The largest absolute Gasteiger partial charge is 0.478 e. The monoisotopic (exact) mass is 283 g/mol. The first-order chi connectivity index (χ1) is 9.08. The third kappa shape index (κ3) is 4.84. The average Bonchev–Trinajstić information content (AvgIpc) is 2.84. The van der Waals surface area contributed by atoms with Gasteiger partial charge >= 0.3 is 5.97 Å². The van der Waals surface area contributed by atoms with E-state index in [4.69, 9.17) is 10.2 Å². The molecular weight excluding hydrogens is 266 g/mol. The Hall–Kier alpha value is -1.66. The molecule has 0 saturated heterocycles. The molecule has 2 N–H and O–H groups in total. The molecule has 0 spiro atoms. The van der Waals surface area contributed by atoms with E-state index in [0.717, 1.165) is 12.5 Å². The highest BCUT2D eigenvalue weighted by Gasteiger charge is 2.16. The summed E-state index contributed by atoms with van der Waals surface area (Å²) in [5, 5.41) is 17.5. The number of nitrogens with zero attached hydrogens (tertiary/aromatic N) is 1. The molecule has 0 bridgehead atoms. The highest BCUT2D eigenvalue weighted by Crippen LogP contribution is 2.19. The Labute approximate surface area is 115 Å². The number of hydrogen-bond donors (Lipinski definition) is 2. The third-order valence-corrected chi connectivity index (χ3v) is 3.42. The molecule has 19 heavy (non-hydrogen) atoms. The van der Waals surface area contributed by atoms with Gasteiger partial charge in [-0.25, -0.2) is 4.79 Å². The number of rotatable bonds is 7. The minimum atomic E-state index is -1.02. The Balaban J connectivity index is 2.78. The molecule has 0 aromatic carbocycles. The average molecular weight is 283 g/mol. The number of hydrogen-bond acceptors (Lipinski definition) is 4. The van der Waals surface area contributed by atoms with Crippen LogP contribution < -0.4 is 0 Å². The lowest BCUT2D eigenvalue weighted by molar-refractivity contribution is -0.131. The fourth-order valence-corrected chi connectivity index (χ4v) is 2.45. The molecule has 1 rings (SSSR count). The first-order valence-electron chi connectivity index (χ1n) is 5.99. The van der Waals surface area contributed by atoms with Crippen molar-refractivity contribution in [1.82, 2.24) is 4.90 Å². The second-order valence-electron chi connectivity index (χ2n) is 3.89. The van der Waals surface area contributed by atoms with E-state index in [0.29, 0.717) is 22.8 Å². The molecule has 0 fully saturated rings. The van der Waals surface area contributed by atoms with Gasteiger partial charge in [0.05, 0.1) is 11.5 Å². The van der Waals surface area contributed by atoms with Crippen LogP contribution in [0.1, 0.15) is 27.9 Å². The lowest BCUT2D eigenvalue weighted by Gasteiger charge is -2.19. The van der Waals surface area contributed by atoms with E-state index in [1.165, 1.54) is 17.4 Å². The summed E-state index contributed by atoms with van der Waals surface area (Å²) in [5.41, 5.74) is 0. The number of aliphatic carboxylic acids is 1. The predicted octanol–water partition coefficient (Wildman–Crippen LogP) is 1.69. The zero-order chi connectivity index (χ0) is 14.3. The van der Waals surface area contributed by atoms with Crippen molar-refractivity contribution in [2.75, 3.05) is 19.7 Å². The van der Waals surface area contributed by atoms with Crippen molar-refractivity contribution in [3.8, 4) is 0 Å². The zero-order valence-corrected chi connectivity index (χ0v) is 11.5. The van der Waals surface area contributed by atoms with Crippen molar-refractivity contribution in [2.45, 2.75) is 13.3 Å². The molecule has 1 aromatic heterocycles. The summed E-state index contributed by atoms with van der Waals surface area (Å²) in [5.74, 6) is -1.15. The van der Waals surface area contributed by atoms with Crippen LogP contribution in [0.5, 0.6) is 0 Å². The molecule has 6 heteroatoms. The van der Waals surface area contributed by atoms with Crippen LogP contribution in [0, 0.1) is 0 Å². The summed E-state index contributed by atoms with van der Waals surface area (Å²) in [7, 11) is 0. The normalized spacial score (nSPS) is 10.8. The Morgan fingerprint density at radius 3 is 2.68 bits per heavy atom. The van der Waals surface area contributed by atoms with Crippen LogP contribution in [-0.4, -0.2) is 46.7 Å². The Bertz CT molecular complexity index is 461. The number of carboxylic acids is 1. The third-order valence-electron chi connectivity index (χ3n) is 2.38. The van der Waals surface area contributed by atoms with Crippen LogP contribution in [0.25, 0.3) is 6.08 Å². The summed E-state index contributed by atoms with van der Waals surface area (Å²) < 4.78 is 0. The van der Waals surface area contributed by atoms with E-state index < -0.39 is 5.97 Å².